The van der Waals surface area contributed by atoms with Gasteiger partial charge in [-0.2, -0.15) is 0 Å². The second-order valence-corrected chi connectivity index (χ2v) is 4.80. The van der Waals surface area contributed by atoms with Crippen LogP contribution in [0.3, 0.4) is 0 Å². The van der Waals surface area contributed by atoms with Crippen molar-refractivity contribution >= 4 is 6.09 Å². The highest BCUT2D eigenvalue weighted by atomic mass is 16.5. The van der Waals surface area contributed by atoms with E-state index in [1.807, 2.05) is 30.3 Å². The van der Waals surface area contributed by atoms with Gasteiger partial charge >= 0.3 is 6.09 Å². The smallest absolute Gasteiger partial charge is 0.407 e. The monoisotopic (exact) mass is 265 g/mol. The van der Waals surface area contributed by atoms with Gasteiger partial charge in [-0.15, -0.1) is 0 Å². The minimum absolute atomic E-state index is 0.193. The van der Waals surface area contributed by atoms with Crippen LogP contribution in [0.1, 0.15) is 24.8 Å². The first-order valence-corrected chi connectivity index (χ1v) is 6.50. The van der Waals surface area contributed by atoms with E-state index >= 15 is 0 Å². The number of benzene rings is 1. The van der Waals surface area contributed by atoms with Crippen molar-refractivity contribution in [2.75, 3.05) is 0 Å². The molecular weight excluding hydrogens is 246 g/mol. The van der Waals surface area contributed by atoms with Crippen molar-refractivity contribution in [3.05, 3.63) is 35.9 Å². The lowest BCUT2D eigenvalue weighted by molar-refractivity contribution is -0.0291. The van der Waals surface area contributed by atoms with Crippen molar-refractivity contribution in [3.8, 4) is 0 Å². The average Bonchev–Trinajstić information content (AvgIpc) is 2.43. The van der Waals surface area contributed by atoms with Crippen molar-refractivity contribution < 1.29 is 19.7 Å². The number of alkyl carbamates (subject to hydrolysis) is 1. The van der Waals surface area contributed by atoms with Gasteiger partial charge in [0.05, 0.1) is 12.1 Å². The van der Waals surface area contributed by atoms with Crippen molar-refractivity contribution in [2.24, 2.45) is 0 Å². The van der Waals surface area contributed by atoms with Gasteiger partial charge in [-0.25, -0.2) is 4.79 Å². The summed E-state index contributed by atoms with van der Waals surface area (Å²) >= 11 is 0. The van der Waals surface area contributed by atoms with Crippen LogP contribution < -0.4 is 5.32 Å². The molecule has 3 N–H and O–H groups in total. The van der Waals surface area contributed by atoms with Gasteiger partial charge in [-0.3, -0.25) is 0 Å². The van der Waals surface area contributed by atoms with Gasteiger partial charge in [-0.1, -0.05) is 30.3 Å². The van der Waals surface area contributed by atoms with Crippen LogP contribution in [0.5, 0.6) is 0 Å². The van der Waals surface area contributed by atoms with Gasteiger partial charge in [0, 0.05) is 0 Å². The maximum atomic E-state index is 11.6. The highest BCUT2D eigenvalue weighted by Crippen LogP contribution is 2.19. The van der Waals surface area contributed by atoms with Crippen LogP contribution in [0, 0.1) is 0 Å². The standard InChI is InChI=1S/C14H19NO4/c16-12-8-4-7-11(13(12)17)15-14(18)19-9-10-5-2-1-3-6-10/h1-3,5-6,11-13,16-17H,4,7-9H2,(H,15,18)/t11-,12-,13+/m0/s1. The van der Waals surface area contributed by atoms with Gasteiger partial charge in [0.15, 0.2) is 0 Å². The summed E-state index contributed by atoms with van der Waals surface area (Å²) in [6.07, 6.45) is -0.257. The van der Waals surface area contributed by atoms with E-state index in [2.05, 4.69) is 5.32 Å². The molecule has 0 saturated heterocycles. The third-order valence-electron chi connectivity index (χ3n) is 3.34. The summed E-state index contributed by atoms with van der Waals surface area (Å²) in [5, 5.41) is 21.9. The number of hydrogen-bond acceptors (Lipinski definition) is 4. The van der Waals surface area contributed by atoms with Gasteiger partial charge in [0.2, 0.25) is 0 Å². The molecule has 1 saturated carbocycles. The number of carbonyl (C=O) groups is 1. The van der Waals surface area contributed by atoms with Gasteiger partial charge in [-0.05, 0) is 24.8 Å². The maximum absolute atomic E-state index is 11.6. The molecule has 5 heteroatoms. The molecule has 104 valence electrons. The lowest BCUT2D eigenvalue weighted by Gasteiger charge is -2.31. The number of aliphatic hydroxyl groups is 2. The SMILES string of the molecule is O=C(N[C@H]1CCC[C@H](O)[C@@H]1O)OCc1ccccc1. The molecule has 1 aromatic carbocycles. The molecule has 2 rings (SSSR count). The minimum atomic E-state index is -0.918. The highest BCUT2D eigenvalue weighted by molar-refractivity contribution is 5.67. The molecule has 1 aromatic rings. The molecule has 1 aliphatic rings. The second kappa shape index (κ2) is 6.54. The third kappa shape index (κ3) is 3.94. The van der Waals surface area contributed by atoms with Crippen molar-refractivity contribution in [2.45, 2.75) is 44.1 Å². The first-order valence-electron chi connectivity index (χ1n) is 6.50. The van der Waals surface area contributed by atoms with Crippen LogP contribution in [-0.2, 0) is 11.3 Å². The molecule has 0 aromatic heterocycles. The Morgan fingerprint density at radius 3 is 2.74 bits per heavy atom. The zero-order valence-electron chi connectivity index (χ0n) is 10.7. The van der Waals surface area contributed by atoms with Gasteiger partial charge in [0.25, 0.3) is 0 Å². The summed E-state index contributed by atoms with van der Waals surface area (Å²) in [4.78, 5) is 11.6. The summed E-state index contributed by atoms with van der Waals surface area (Å²) in [5.41, 5.74) is 0.905. The Morgan fingerprint density at radius 1 is 1.26 bits per heavy atom. The van der Waals surface area contributed by atoms with E-state index in [0.29, 0.717) is 12.8 Å². The number of amides is 1. The molecule has 0 heterocycles. The van der Waals surface area contributed by atoms with Gasteiger partial charge < -0.3 is 20.3 Å². The molecule has 1 fully saturated rings. The molecule has 0 spiro atoms. The highest BCUT2D eigenvalue weighted by Gasteiger charge is 2.31. The molecular formula is C14H19NO4. The van der Waals surface area contributed by atoms with Crippen LogP contribution in [0.2, 0.25) is 0 Å². The van der Waals surface area contributed by atoms with Crippen molar-refractivity contribution in [1.82, 2.24) is 5.32 Å². The fraction of sp³-hybridized carbons (Fsp3) is 0.500. The Labute approximate surface area is 112 Å². The minimum Gasteiger partial charge on any atom is -0.445 e. The Kier molecular flexibility index (Phi) is 4.76. The molecule has 0 radical (unpaired) electrons. The largest absolute Gasteiger partial charge is 0.445 e. The number of ether oxygens (including phenoxy) is 1. The Bertz CT molecular complexity index is 409. The number of hydrogen-bond donors (Lipinski definition) is 3. The normalized spacial score (nSPS) is 26.7. The van der Waals surface area contributed by atoms with Crippen LogP contribution in [-0.4, -0.2) is 34.6 Å². The second-order valence-electron chi connectivity index (χ2n) is 4.80. The average molecular weight is 265 g/mol. The number of nitrogens with one attached hydrogen (secondary N) is 1. The zero-order chi connectivity index (χ0) is 13.7. The summed E-state index contributed by atoms with van der Waals surface area (Å²) in [7, 11) is 0. The molecule has 5 nitrogen and oxygen atoms in total. The first kappa shape index (κ1) is 13.8. The summed E-state index contributed by atoms with van der Waals surface area (Å²) < 4.78 is 5.07. The van der Waals surface area contributed by atoms with E-state index in [1.165, 1.54) is 0 Å². The lowest BCUT2D eigenvalue weighted by Crippen LogP contribution is -2.51. The number of aliphatic hydroxyl groups excluding tert-OH is 2. The van der Waals surface area contributed by atoms with E-state index in [9.17, 15) is 15.0 Å². The van der Waals surface area contributed by atoms with E-state index in [-0.39, 0.29) is 6.61 Å². The van der Waals surface area contributed by atoms with E-state index in [1.54, 1.807) is 0 Å². The lowest BCUT2D eigenvalue weighted by atomic mass is 9.90. The Balaban J connectivity index is 1.78. The fourth-order valence-corrected chi connectivity index (χ4v) is 2.23. The predicted molar refractivity (Wildman–Crippen MR) is 69.4 cm³/mol. The van der Waals surface area contributed by atoms with Crippen molar-refractivity contribution in [1.29, 1.82) is 0 Å². The van der Waals surface area contributed by atoms with Crippen LogP contribution in [0.4, 0.5) is 4.79 Å². The molecule has 3 atom stereocenters. The fourth-order valence-electron chi connectivity index (χ4n) is 2.23. The van der Waals surface area contributed by atoms with Crippen molar-refractivity contribution in [3.63, 3.8) is 0 Å². The first-order chi connectivity index (χ1) is 9.16. The van der Waals surface area contributed by atoms with E-state index in [4.69, 9.17) is 4.74 Å². The maximum Gasteiger partial charge on any atom is 0.407 e. The zero-order valence-corrected chi connectivity index (χ0v) is 10.7. The number of carbonyl (C=O) groups excluding carboxylic acids is 1. The summed E-state index contributed by atoms with van der Waals surface area (Å²) in [6.45, 7) is 0.193. The quantitative estimate of drug-likeness (QED) is 0.767. The van der Waals surface area contributed by atoms with Gasteiger partial charge in [0.1, 0.15) is 12.7 Å². The predicted octanol–water partition coefficient (Wildman–Crippen LogP) is 1.19. The Hall–Kier alpha value is -1.59. The van der Waals surface area contributed by atoms with E-state index < -0.39 is 24.3 Å². The third-order valence-corrected chi connectivity index (χ3v) is 3.34. The summed E-state index contributed by atoms with van der Waals surface area (Å²) in [5.74, 6) is 0. The Morgan fingerprint density at radius 2 is 2.00 bits per heavy atom. The number of rotatable bonds is 3. The molecule has 19 heavy (non-hydrogen) atoms. The summed E-state index contributed by atoms with van der Waals surface area (Å²) in [6, 6.07) is 8.94. The van der Waals surface area contributed by atoms with Crippen LogP contribution >= 0.6 is 0 Å². The molecule has 0 unspecified atom stereocenters. The molecule has 1 aliphatic carbocycles. The van der Waals surface area contributed by atoms with E-state index in [0.717, 1.165) is 12.0 Å². The van der Waals surface area contributed by atoms with Crippen LogP contribution in [0.15, 0.2) is 30.3 Å². The molecule has 1 amide bonds. The molecule has 0 aliphatic heterocycles. The van der Waals surface area contributed by atoms with Crippen LogP contribution in [0.25, 0.3) is 0 Å². The topological polar surface area (TPSA) is 78.8 Å². The molecule has 0 bridgehead atoms.